The van der Waals surface area contributed by atoms with Gasteiger partial charge in [0.2, 0.25) is 0 Å². The van der Waals surface area contributed by atoms with Gasteiger partial charge in [-0.3, -0.25) is 4.79 Å². The van der Waals surface area contributed by atoms with Gasteiger partial charge in [0.1, 0.15) is 0 Å². The third-order valence-electron chi connectivity index (χ3n) is 3.82. The molecule has 104 valence electrons. The van der Waals surface area contributed by atoms with Gasteiger partial charge < -0.3 is 5.32 Å². The van der Waals surface area contributed by atoms with Crippen LogP contribution in [0.15, 0.2) is 11.8 Å². The molecule has 0 saturated carbocycles. The minimum Gasteiger partial charge on any atom is -0.388 e. The molecule has 1 N–H and O–H groups in total. The van der Waals surface area contributed by atoms with E-state index in [9.17, 15) is 4.79 Å². The van der Waals surface area contributed by atoms with Gasteiger partial charge >= 0.3 is 0 Å². The molecule has 0 aliphatic heterocycles. The van der Waals surface area contributed by atoms with Gasteiger partial charge in [-0.2, -0.15) is 0 Å². The molecule has 1 unspecified atom stereocenters. The lowest BCUT2D eigenvalue weighted by molar-refractivity contribution is -0.117. The van der Waals surface area contributed by atoms with Crippen LogP contribution in [0, 0.1) is 11.3 Å². The van der Waals surface area contributed by atoms with Gasteiger partial charge in [0, 0.05) is 24.7 Å². The van der Waals surface area contributed by atoms with Crippen molar-refractivity contribution in [3.8, 4) is 0 Å². The van der Waals surface area contributed by atoms with E-state index in [2.05, 4.69) is 33.0 Å². The zero-order valence-corrected chi connectivity index (χ0v) is 12.5. The highest BCUT2D eigenvalue weighted by Gasteiger charge is 2.27. The first-order valence-corrected chi connectivity index (χ1v) is 7.44. The zero-order valence-electron chi connectivity index (χ0n) is 12.5. The Bertz CT molecular complexity index is 304. The van der Waals surface area contributed by atoms with Crippen LogP contribution in [-0.2, 0) is 4.79 Å². The number of allylic oxidation sites excluding steroid dienone is 2. The van der Waals surface area contributed by atoms with Crippen molar-refractivity contribution in [3.63, 3.8) is 0 Å². The first-order valence-electron chi connectivity index (χ1n) is 7.44. The molecule has 0 spiro atoms. The van der Waals surface area contributed by atoms with E-state index in [1.54, 1.807) is 0 Å². The SMILES string of the molecule is CCCCC(CC)CNC1=CC(=O)CC(C)(C)C1. The van der Waals surface area contributed by atoms with Crippen molar-refractivity contribution in [2.24, 2.45) is 11.3 Å². The molecule has 0 aromatic carbocycles. The van der Waals surface area contributed by atoms with Crippen LogP contribution >= 0.6 is 0 Å². The topological polar surface area (TPSA) is 29.1 Å². The smallest absolute Gasteiger partial charge is 0.157 e. The first kappa shape index (κ1) is 15.3. The lowest BCUT2D eigenvalue weighted by Gasteiger charge is -2.30. The number of hydrogen-bond donors (Lipinski definition) is 1. The predicted molar refractivity (Wildman–Crippen MR) is 77.4 cm³/mol. The average Bonchev–Trinajstić information content (AvgIpc) is 2.26. The largest absolute Gasteiger partial charge is 0.388 e. The van der Waals surface area contributed by atoms with Gasteiger partial charge in [0.15, 0.2) is 5.78 Å². The number of unbranched alkanes of at least 4 members (excludes halogenated alkanes) is 1. The Morgan fingerprint density at radius 3 is 2.61 bits per heavy atom. The van der Waals surface area contributed by atoms with Crippen molar-refractivity contribution >= 4 is 5.78 Å². The number of rotatable bonds is 7. The van der Waals surface area contributed by atoms with Crippen molar-refractivity contribution in [2.75, 3.05) is 6.54 Å². The Morgan fingerprint density at radius 1 is 1.33 bits per heavy atom. The minimum absolute atomic E-state index is 0.124. The van der Waals surface area contributed by atoms with Crippen LogP contribution in [0.25, 0.3) is 0 Å². The van der Waals surface area contributed by atoms with Crippen LogP contribution in [-0.4, -0.2) is 12.3 Å². The molecule has 2 nitrogen and oxygen atoms in total. The van der Waals surface area contributed by atoms with E-state index in [1.165, 1.54) is 25.7 Å². The second-order valence-electron chi connectivity index (χ2n) is 6.45. The van der Waals surface area contributed by atoms with Crippen LogP contribution in [0.4, 0.5) is 0 Å². The number of nitrogens with one attached hydrogen (secondary N) is 1. The summed E-state index contributed by atoms with van der Waals surface area (Å²) < 4.78 is 0. The van der Waals surface area contributed by atoms with Crippen molar-refractivity contribution < 1.29 is 4.79 Å². The zero-order chi connectivity index (χ0) is 13.6. The Kier molecular flexibility index (Phi) is 5.90. The highest BCUT2D eigenvalue weighted by atomic mass is 16.1. The molecular formula is C16H29NO. The summed E-state index contributed by atoms with van der Waals surface area (Å²) in [5.74, 6) is 1.02. The summed E-state index contributed by atoms with van der Waals surface area (Å²) in [5.41, 5.74) is 1.27. The van der Waals surface area contributed by atoms with Crippen LogP contribution in [0.2, 0.25) is 0 Å². The van der Waals surface area contributed by atoms with Crippen LogP contribution in [0.3, 0.4) is 0 Å². The summed E-state index contributed by atoms with van der Waals surface area (Å²) in [6.45, 7) is 9.87. The predicted octanol–water partition coefficient (Wildman–Crippen LogP) is 4.07. The second-order valence-corrected chi connectivity index (χ2v) is 6.45. The molecule has 0 saturated heterocycles. The Hall–Kier alpha value is -0.790. The molecule has 2 heteroatoms. The summed E-state index contributed by atoms with van der Waals surface area (Å²) in [5, 5.41) is 3.51. The molecule has 0 aromatic heterocycles. The van der Waals surface area contributed by atoms with E-state index < -0.39 is 0 Å². The molecule has 0 bridgehead atoms. The maximum atomic E-state index is 11.7. The lowest BCUT2D eigenvalue weighted by atomic mass is 9.79. The Morgan fingerprint density at radius 2 is 2.06 bits per heavy atom. The normalized spacial score (nSPS) is 20.4. The number of hydrogen-bond acceptors (Lipinski definition) is 2. The van der Waals surface area contributed by atoms with Gasteiger partial charge in [-0.25, -0.2) is 0 Å². The fourth-order valence-electron chi connectivity index (χ4n) is 2.68. The third kappa shape index (κ3) is 5.24. The molecular weight excluding hydrogens is 222 g/mol. The van der Waals surface area contributed by atoms with Crippen LogP contribution < -0.4 is 5.32 Å². The summed E-state index contributed by atoms with van der Waals surface area (Å²) in [7, 11) is 0. The van der Waals surface area contributed by atoms with Gasteiger partial charge in [-0.05, 0) is 24.2 Å². The monoisotopic (exact) mass is 251 g/mol. The fraction of sp³-hybridized carbons (Fsp3) is 0.812. The maximum Gasteiger partial charge on any atom is 0.157 e. The van der Waals surface area contributed by atoms with E-state index in [-0.39, 0.29) is 11.2 Å². The summed E-state index contributed by atoms with van der Waals surface area (Å²) in [6, 6.07) is 0. The fourth-order valence-corrected chi connectivity index (χ4v) is 2.68. The standard InChI is InChI=1S/C16H29NO/c1-5-7-8-13(6-2)12-17-14-9-15(18)11-16(3,4)10-14/h9,13,17H,5-8,10-12H2,1-4H3. The number of ketones is 1. The molecule has 1 aliphatic rings. The molecule has 0 radical (unpaired) electrons. The van der Waals surface area contributed by atoms with E-state index in [0.29, 0.717) is 6.42 Å². The molecule has 18 heavy (non-hydrogen) atoms. The van der Waals surface area contributed by atoms with E-state index in [4.69, 9.17) is 0 Å². The van der Waals surface area contributed by atoms with Gasteiger partial charge in [0.25, 0.3) is 0 Å². The summed E-state index contributed by atoms with van der Waals surface area (Å²) in [6.07, 6.45) is 8.60. The lowest BCUT2D eigenvalue weighted by Crippen LogP contribution is -2.30. The van der Waals surface area contributed by atoms with Gasteiger partial charge in [-0.1, -0.05) is 47.0 Å². The van der Waals surface area contributed by atoms with E-state index in [0.717, 1.165) is 24.6 Å². The Balaban J connectivity index is 2.44. The van der Waals surface area contributed by atoms with E-state index in [1.807, 2.05) is 6.08 Å². The van der Waals surface area contributed by atoms with Crippen LogP contribution in [0.5, 0.6) is 0 Å². The molecule has 1 aliphatic carbocycles. The molecule has 0 aromatic rings. The highest BCUT2D eigenvalue weighted by molar-refractivity contribution is 5.91. The Labute approximate surface area is 112 Å². The first-order chi connectivity index (χ1) is 8.46. The minimum atomic E-state index is 0.124. The maximum absolute atomic E-state index is 11.7. The summed E-state index contributed by atoms with van der Waals surface area (Å²) >= 11 is 0. The number of carbonyl (C=O) groups is 1. The quantitative estimate of drug-likeness (QED) is 0.739. The van der Waals surface area contributed by atoms with Crippen molar-refractivity contribution in [2.45, 2.75) is 66.2 Å². The second kappa shape index (κ2) is 6.96. The molecule has 1 rings (SSSR count). The molecule has 0 fully saturated rings. The summed E-state index contributed by atoms with van der Waals surface area (Å²) in [4.78, 5) is 11.7. The van der Waals surface area contributed by atoms with Crippen molar-refractivity contribution in [1.82, 2.24) is 5.32 Å². The van der Waals surface area contributed by atoms with Gasteiger partial charge in [0.05, 0.1) is 0 Å². The molecule has 0 amide bonds. The molecule has 1 atom stereocenters. The number of carbonyl (C=O) groups excluding carboxylic acids is 1. The third-order valence-corrected chi connectivity index (χ3v) is 3.82. The van der Waals surface area contributed by atoms with Gasteiger partial charge in [-0.15, -0.1) is 0 Å². The highest BCUT2D eigenvalue weighted by Crippen LogP contribution is 2.32. The van der Waals surface area contributed by atoms with Crippen LogP contribution in [0.1, 0.15) is 66.2 Å². The van der Waals surface area contributed by atoms with Crippen molar-refractivity contribution in [1.29, 1.82) is 0 Å². The van der Waals surface area contributed by atoms with E-state index >= 15 is 0 Å². The van der Waals surface area contributed by atoms with Crippen molar-refractivity contribution in [3.05, 3.63) is 11.8 Å². The average molecular weight is 251 g/mol. The molecule has 0 heterocycles.